The van der Waals surface area contributed by atoms with Crippen LogP contribution in [0.3, 0.4) is 0 Å². The Morgan fingerprint density at radius 2 is 1.81 bits per heavy atom. The summed E-state index contributed by atoms with van der Waals surface area (Å²) in [5, 5.41) is 12.4. The third kappa shape index (κ3) is 3.78. The lowest BCUT2D eigenvalue weighted by atomic mass is 10.0. The van der Waals surface area contributed by atoms with Gasteiger partial charge in [0.25, 0.3) is 0 Å². The number of fused-ring (bicyclic) bond motifs is 1. The molecule has 0 aliphatic carbocycles. The number of nitrogens with zero attached hydrogens (tertiary/aromatic N) is 1. The van der Waals surface area contributed by atoms with Gasteiger partial charge in [-0.25, -0.2) is 0 Å². The summed E-state index contributed by atoms with van der Waals surface area (Å²) in [6.07, 6.45) is -1.66. The molecular formula is C18H11BrClF3N2O. The van der Waals surface area contributed by atoms with E-state index in [1.807, 2.05) is 0 Å². The maximum Gasteiger partial charge on any atom is 0.437 e. The average Bonchev–Trinajstić information content (AvgIpc) is 2.91. The first-order chi connectivity index (χ1) is 12.3. The smallest absolute Gasteiger partial charge is 0.410 e. The highest BCUT2D eigenvalue weighted by Gasteiger charge is 2.40. The van der Waals surface area contributed by atoms with Gasteiger partial charge in [0.2, 0.25) is 0 Å². The maximum absolute atomic E-state index is 13.3. The molecule has 0 aliphatic heterocycles. The van der Waals surface area contributed by atoms with E-state index in [2.05, 4.69) is 26.1 Å². The van der Waals surface area contributed by atoms with Crippen LogP contribution in [0.2, 0.25) is 5.02 Å². The van der Waals surface area contributed by atoms with Crippen LogP contribution in [-0.2, 0) is 0 Å². The summed E-state index contributed by atoms with van der Waals surface area (Å²) >= 11 is 9.12. The molecule has 3 rings (SSSR count). The summed E-state index contributed by atoms with van der Waals surface area (Å²) < 4.78 is 40.7. The fourth-order valence-electron chi connectivity index (χ4n) is 2.57. The maximum atomic E-state index is 13.3. The van der Waals surface area contributed by atoms with Gasteiger partial charge < -0.3 is 10.2 Å². The lowest BCUT2D eigenvalue weighted by Crippen LogP contribution is -2.24. The highest BCUT2D eigenvalue weighted by molar-refractivity contribution is 9.10. The van der Waals surface area contributed by atoms with E-state index in [9.17, 15) is 13.2 Å². The van der Waals surface area contributed by atoms with Crippen LogP contribution in [0.15, 0.2) is 52.1 Å². The number of alkyl halides is 3. The molecule has 2 N–H and O–H groups in total. The molecule has 0 unspecified atom stereocenters. The molecule has 0 spiro atoms. The lowest BCUT2D eigenvalue weighted by molar-refractivity contribution is -0.0600. The molecule has 0 saturated heterocycles. The molecule has 0 bridgehead atoms. The Kier molecular flexibility index (Phi) is 5.11. The molecule has 1 aromatic heterocycles. The fourth-order valence-corrected chi connectivity index (χ4v) is 3.06. The molecule has 26 heavy (non-hydrogen) atoms. The van der Waals surface area contributed by atoms with E-state index in [4.69, 9.17) is 16.8 Å². The SMILES string of the molecule is ON=C(c1c(C=Cc2ccc(Cl)cc2)[nH]c2cc(Br)ccc12)C(F)(F)F. The number of halogens is 5. The molecule has 3 aromatic rings. The van der Waals surface area contributed by atoms with Crippen molar-refractivity contribution in [3.05, 3.63) is 68.8 Å². The van der Waals surface area contributed by atoms with Crippen molar-refractivity contribution < 1.29 is 18.4 Å². The normalized spacial score (nSPS) is 13.0. The van der Waals surface area contributed by atoms with Crippen molar-refractivity contribution in [1.82, 2.24) is 4.98 Å². The van der Waals surface area contributed by atoms with Gasteiger partial charge in [-0.15, -0.1) is 0 Å². The Hall–Kier alpha value is -2.25. The number of H-pyrrole nitrogens is 1. The van der Waals surface area contributed by atoms with Crippen molar-refractivity contribution in [3.8, 4) is 0 Å². The Morgan fingerprint density at radius 3 is 2.42 bits per heavy atom. The Morgan fingerprint density at radius 1 is 1.12 bits per heavy atom. The van der Waals surface area contributed by atoms with E-state index in [0.717, 1.165) is 5.56 Å². The lowest BCUT2D eigenvalue weighted by Gasteiger charge is -2.09. The Labute approximate surface area is 159 Å². The third-order valence-corrected chi connectivity index (χ3v) is 4.45. The number of hydrogen-bond acceptors (Lipinski definition) is 2. The summed E-state index contributed by atoms with van der Waals surface area (Å²) in [6, 6.07) is 11.6. The standard InChI is InChI=1S/C18H11BrClF3N2O/c19-11-4-7-13-15(9-11)24-14(16(13)17(25-26)18(21,22)23)8-3-10-1-5-12(20)6-2-10/h1-9,24,26H. The minimum atomic E-state index is -4.81. The van der Waals surface area contributed by atoms with Gasteiger partial charge >= 0.3 is 6.18 Å². The van der Waals surface area contributed by atoms with Crippen LogP contribution in [0.25, 0.3) is 23.1 Å². The van der Waals surface area contributed by atoms with Crippen molar-refractivity contribution in [1.29, 1.82) is 0 Å². The van der Waals surface area contributed by atoms with E-state index in [1.165, 1.54) is 12.1 Å². The van der Waals surface area contributed by atoms with E-state index in [-0.39, 0.29) is 11.3 Å². The van der Waals surface area contributed by atoms with Crippen LogP contribution in [0.5, 0.6) is 0 Å². The van der Waals surface area contributed by atoms with Gasteiger partial charge in [-0.2, -0.15) is 13.2 Å². The molecule has 0 saturated carbocycles. The highest BCUT2D eigenvalue weighted by atomic mass is 79.9. The van der Waals surface area contributed by atoms with Crippen LogP contribution in [0, 0.1) is 0 Å². The number of rotatable bonds is 3. The summed E-state index contributed by atoms with van der Waals surface area (Å²) in [7, 11) is 0. The van der Waals surface area contributed by atoms with Crippen LogP contribution in [-0.4, -0.2) is 22.1 Å². The molecule has 0 fully saturated rings. The zero-order valence-corrected chi connectivity index (χ0v) is 15.3. The zero-order valence-electron chi connectivity index (χ0n) is 13.0. The van der Waals surface area contributed by atoms with E-state index in [0.29, 0.717) is 20.4 Å². The molecule has 1 heterocycles. The monoisotopic (exact) mass is 442 g/mol. The fraction of sp³-hybridized carbons (Fsp3) is 0.0556. The number of oxime groups is 1. The summed E-state index contributed by atoms with van der Waals surface area (Å²) in [5.41, 5.74) is -0.155. The largest absolute Gasteiger partial charge is 0.437 e. The molecule has 0 atom stereocenters. The molecule has 3 nitrogen and oxygen atoms in total. The third-order valence-electron chi connectivity index (χ3n) is 3.71. The van der Waals surface area contributed by atoms with Gasteiger partial charge in [0.15, 0.2) is 5.71 Å². The van der Waals surface area contributed by atoms with E-state index < -0.39 is 11.9 Å². The van der Waals surface area contributed by atoms with Crippen molar-refractivity contribution in [2.24, 2.45) is 5.16 Å². The van der Waals surface area contributed by atoms with Crippen molar-refractivity contribution in [2.75, 3.05) is 0 Å². The van der Waals surface area contributed by atoms with Gasteiger partial charge in [-0.1, -0.05) is 57.0 Å². The van der Waals surface area contributed by atoms with Crippen LogP contribution in [0.4, 0.5) is 13.2 Å². The topological polar surface area (TPSA) is 48.4 Å². The molecule has 0 aliphatic rings. The molecule has 8 heteroatoms. The van der Waals surface area contributed by atoms with E-state index >= 15 is 0 Å². The first-order valence-corrected chi connectivity index (χ1v) is 8.51. The number of benzene rings is 2. The van der Waals surface area contributed by atoms with Gasteiger partial charge in [0.05, 0.1) is 0 Å². The van der Waals surface area contributed by atoms with Gasteiger partial charge in [-0.3, -0.25) is 0 Å². The molecule has 2 aromatic carbocycles. The molecule has 0 amide bonds. The van der Waals surface area contributed by atoms with Crippen molar-refractivity contribution in [2.45, 2.75) is 6.18 Å². The predicted molar refractivity (Wildman–Crippen MR) is 101 cm³/mol. The number of aromatic nitrogens is 1. The van der Waals surface area contributed by atoms with E-state index in [1.54, 1.807) is 42.5 Å². The van der Waals surface area contributed by atoms with Crippen molar-refractivity contribution in [3.63, 3.8) is 0 Å². The number of nitrogens with one attached hydrogen (secondary N) is 1. The Balaban J connectivity index is 2.17. The van der Waals surface area contributed by atoms with Gasteiger partial charge in [0.1, 0.15) is 0 Å². The number of hydrogen-bond donors (Lipinski definition) is 2. The first kappa shape index (κ1) is 18.5. The first-order valence-electron chi connectivity index (χ1n) is 7.34. The molecule has 0 radical (unpaired) electrons. The summed E-state index contributed by atoms with van der Waals surface area (Å²) in [6.45, 7) is 0. The quantitative estimate of drug-likeness (QED) is 0.271. The molecular weight excluding hydrogens is 433 g/mol. The average molecular weight is 444 g/mol. The minimum Gasteiger partial charge on any atom is -0.410 e. The summed E-state index contributed by atoms with van der Waals surface area (Å²) in [4.78, 5) is 2.94. The summed E-state index contributed by atoms with van der Waals surface area (Å²) in [5.74, 6) is 0. The predicted octanol–water partition coefficient (Wildman–Crippen LogP) is 6.49. The Bertz CT molecular complexity index is 1010. The number of aromatic amines is 1. The second kappa shape index (κ2) is 7.17. The molecule has 134 valence electrons. The second-order valence-corrected chi connectivity index (χ2v) is 6.79. The van der Waals surface area contributed by atoms with Gasteiger partial charge in [0, 0.05) is 31.7 Å². The van der Waals surface area contributed by atoms with Crippen LogP contribution in [0.1, 0.15) is 16.8 Å². The van der Waals surface area contributed by atoms with Crippen LogP contribution >= 0.6 is 27.5 Å². The highest BCUT2D eigenvalue weighted by Crippen LogP contribution is 2.32. The van der Waals surface area contributed by atoms with Crippen LogP contribution < -0.4 is 0 Å². The second-order valence-electron chi connectivity index (χ2n) is 5.43. The minimum absolute atomic E-state index is 0.179. The zero-order chi connectivity index (χ0) is 18.9. The van der Waals surface area contributed by atoms with Gasteiger partial charge in [-0.05, 0) is 35.9 Å². The van der Waals surface area contributed by atoms with Crippen molar-refractivity contribution >= 4 is 56.3 Å².